The van der Waals surface area contributed by atoms with Gasteiger partial charge in [-0.2, -0.15) is 0 Å². The minimum absolute atomic E-state index is 0.234. The molecule has 1 aliphatic carbocycles. The van der Waals surface area contributed by atoms with Gasteiger partial charge in [0.05, 0.1) is 12.0 Å². The highest BCUT2D eigenvalue weighted by atomic mass is 19.1. The first-order valence-corrected chi connectivity index (χ1v) is 7.95. The highest BCUT2D eigenvalue weighted by Gasteiger charge is 2.27. The van der Waals surface area contributed by atoms with E-state index in [4.69, 9.17) is 9.47 Å². The molecule has 0 N–H and O–H groups in total. The summed E-state index contributed by atoms with van der Waals surface area (Å²) in [7, 11) is 1.59. The molecular weight excluding hydrogens is 303 g/mol. The molecule has 0 heterocycles. The zero-order chi connectivity index (χ0) is 16.8. The maximum absolute atomic E-state index is 14.2. The molecule has 1 radical (unpaired) electrons. The molecule has 3 heteroatoms. The maximum atomic E-state index is 14.2. The molecule has 24 heavy (non-hydrogen) atoms. The summed E-state index contributed by atoms with van der Waals surface area (Å²) >= 11 is 0. The zero-order valence-corrected chi connectivity index (χ0v) is 13.6. The average Bonchev–Trinajstić information content (AvgIpc) is 2.63. The van der Waals surface area contributed by atoms with Crippen LogP contribution in [0.2, 0.25) is 0 Å². The van der Waals surface area contributed by atoms with Gasteiger partial charge in [-0.15, -0.1) is 0 Å². The molecular formula is C21H20FO2. The van der Waals surface area contributed by atoms with Gasteiger partial charge in [-0.1, -0.05) is 60.7 Å². The molecule has 0 bridgehead atoms. The van der Waals surface area contributed by atoms with Crippen molar-refractivity contribution in [2.24, 2.45) is 0 Å². The van der Waals surface area contributed by atoms with Gasteiger partial charge in [-0.3, -0.25) is 0 Å². The average molecular weight is 323 g/mol. The molecule has 0 saturated heterocycles. The van der Waals surface area contributed by atoms with Crippen LogP contribution in [0.25, 0.3) is 0 Å². The predicted octanol–water partition coefficient (Wildman–Crippen LogP) is 4.82. The van der Waals surface area contributed by atoms with E-state index in [1.54, 1.807) is 13.2 Å². The lowest BCUT2D eigenvalue weighted by molar-refractivity contribution is 0.146. The van der Waals surface area contributed by atoms with Crippen LogP contribution in [0.4, 0.5) is 4.39 Å². The van der Waals surface area contributed by atoms with Crippen LogP contribution in [0.1, 0.15) is 11.1 Å². The van der Waals surface area contributed by atoms with Crippen molar-refractivity contribution in [1.29, 1.82) is 0 Å². The number of benzene rings is 2. The van der Waals surface area contributed by atoms with Crippen LogP contribution < -0.4 is 4.74 Å². The van der Waals surface area contributed by atoms with E-state index in [0.29, 0.717) is 18.9 Å². The van der Waals surface area contributed by atoms with E-state index in [2.05, 4.69) is 0 Å². The molecule has 0 spiro atoms. The normalized spacial score (nSPS) is 17.6. The summed E-state index contributed by atoms with van der Waals surface area (Å²) in [5, 5.41) is 0. The van der Waals surface area contributed by atoms with Crippen LogP contribution in [-0.2, 0) is 17.8 Å². The van der Waals surface area contributed by atoms with Crippen molar-refractivity contribution in [2.45, 2.75) is 19.1 Å². The molecule has 2 aromatic rings. The Hall–Kier alpha value is -2.39. The number of hydrogen-bond acceptors (Lipinski definition) is 2. The van der Waals surface area contributed by atoms with Crippen LogP contribution in [0, 0.1) is 5.92 Å². The van der Waals surface area contributed by atoms with Gasteiger partial charge >= 0.3 is 0 Å². The van der Waals surface area contributed by atoms with Crippen LogP contribution in [-0.4, -0.2) is 13.2 Å². The second kappa shape index (κ2) is 7.93. The van der Waals surface area contributed by atoms with Crippen LogP contribution in [0.3, 0.4) is 0 Å². The van der Waals surface area contributed by atoms with Gasteiger partial charge in [0.25, 0.3) is 0 Å². The van der Waals surface area contributed by atoms with E-state index in [-0.39, 0.29) is 11.9 Å². The molecule has 0 aromatic heterocycles. The first-order valence-electron chi connectivity index (χ1n) is 7.95. The van der Waals surface area contributed by atoms with Crippen molar-refractivity contribution in [3.05, 3.63) is 95.7 Å². The minimum atomic E-state index is -0.336. The Morgan fingerprint density at radius 2 is 1.75 bits per heavy atom. The van der Waals surface area contributed by atoms with Crippen LogP contribution in [0.15, 0.2) is 78.7 Å². The van der Waals surface area contributed by atoms with Gasteiger partial charge in [0.1, 0.15) is 18.2 Å². The summed E-state index contributed by atoms with van der Waals surface area (Å²) in [6.45, 7) is 0.485. The quantitative estimate of drug-likeness (QED) is 0.759. The van der Waals surface area contributed by atoms with E-state index in [9.17, 15) is 4.39 Å². The SMILES string of the molecule is COC1C=CC=C(F)[C]1Cc1ccccc1OCc1ccccc1. The van der Waals surface area contributed by atoms with Crippen LogP contribution >= 0.6 is 0 Å². The van der Waals surface area contributed by atoms with Crippen molar-refractivity contribution in [3.63, 3.8) is 0 Å². The van der Waals surface area contributed by atoms with Crippen molar-refractivity contribution in [1.82, 2.24) is 0 Å². The lowest BCUT2D eigenvalue weighted by atomic mass is 9.89. The second-order valence-corrected chi connectivity index (χ2v) is 5.64. The van der Waals surface area contributed by atoms with Crippen molar-refractivity contribution in [3.8, 4) is 5.75 Å². The minimum Gasteiger partial charge on any atom is -0.489 e. The van der Waals surface area contributed by atoms with Crippen molar-refractivity contribution in [2.75, 3.05) is 7.11 Å². The third-order valence-corrected chi connectivity index (χ3v) is 4.02. The Kier molecular flexibility index (Phi) is 5.44. The predicted molar refractivity (Wildman–Crippen MR) is 93.3 cm³/mol. The molecule has 123 valence electrons. The fourth-order valence-electron chi connectivity index (χ4n) is 2.74. The summed E-state index contributed by atoms with van der Waals surface area (Å²) in [4.78, 5) is 0. The maximum Gasteiger partial charge on any atom is 0.123 e. The van der Waals surface area contributed by atoms with Crippen molar-refractivity contribution >= 4 is 0 Å². The highest BCUT2D eigenvalue weighted by molar-refractivity contribution is 5.42. The third-order valence-electron chi connectivity index (χ3n) is 4.02. The standard InChI is InChI=1S/C21H20FO2/c1-23-21-13-7-11-19(22)18(21)14-17-10-5-6-12-20(17)24-15-16-8-3-2-4-9-16/h2-13,21H,14-15H2,1H3. The number of halogens is 1. The summed E-state index contributed by atoms with van der Waals surface area (Å²) in [6.07, 6.45) is 5.13. The Bertz CT molecular complexity index is 722. The van der Waals surface area contributed by atoms with Gasteiger partial charge in [-0.25, -0.2) is 4.39 Å². The lowest BCUT2D eigenvalue weighted by Gasteiger charge is -2.24. The number of allylic oxidation sites excluding steroid dienone is 2. The largest absolute Gasteiger partial charge is 0.489 e. The molecule has 1 aliphatic rings. The molecule has 2 aromatic carbocycles. The smallest absolute Gasteiger partial charge is 0.123 e. The highest BCUT2D eigenvalue weighted by Crippen LogP contribution is 2.32. The van der Waals surface area contributed by atoms with Gasteiger partial charge in [0.15, 0.2) is 0 Å². The Labute approximate surface area is 142 Å². The first kappa shape index (κ1) is 16.5. The summed E-state index contributed by atoms with van der Waals surface area (Å²) in [5.41, 5.74) is 2.05. The Balaban J connectivity index is 1.74. The van der Waals surface area contributed by atoms with Crippen LogP contribution in [0.5, 0.6) is 5.75 Å². The number of ether oxygens (including phenoxy) is 2. The first-order chi connectivity index (χ1) is 11.8. The summed E-state index contributed by atoms with van der Waals surface area (Å²) < 4.78 is 25.5. The van der Waals surface area contributed by atoms with Gasteiger partial charge in [0, 0.05) is 7.11 Å². The third kappa shape index (κ3) is 3.92. The Morgan fingerprint density at radius 3 is 2.54 bits per heavy atom. The summed E-state index contributed by atoms with van der Waals surface area (Å²) in [6, 6.07) is 17.7. The van der Waals surface area contributed by atoms with E-state index < -0.39 is 0 Å². The zero-order valence-electron chi connectivity index (χ0n) is 13.6. The molecule has 0 fully saturated rings. The van der Waals surface area contributed by atoms with E-state index in [0.717, 1.165) is 16.9 Å². The monoisotopic (exact) mass is 323 g/mol. The molecule has 3 rings (SSSR count). The molecule has 1 atom stereocenters. The number of para-hydroxylation sites is 1. The molecule has 2 nitrogen and oxygen atoms in total. The summed E-state index contributed by atoms with van der Waals surface area (Å²) in [5.74, 6) is 1.16. The fourth-order valence-corrected chi connectivity index (χ4v) is 2.74. The number of methoxy groups -OCH3 is 1. The second-order valence-electron chi connectivity index (χ2n) is 5.64. The Morgan fingerprint density at radius 1 is 1.00 bits per heavy atom. The lowest BCUT2D eigenvalue weighted by Crippen LogP contribution is -2.23. The van der Waals surface area contributed by atoms with E-state index >= 15 is 0 Å². The number of rotatable bonds is 6. The molecule has 0 aliphatic heterocycles. The number of hydrogen-bond donors (Lipinski definition) is 0. The van der Waals surface area contributed by atoms with Gasteiger partial charge < -0.3 is 9.47 Å². The molecule has 1 unspecified atom stereocenters. The van der Waals surface area contributed by atoms with E-state index in [1.165, 1.54) is 6.08 Å². The van der Waals surface area contributed by atoms with E-state index in [1.807, 2.05) is 60.7 Å². The van der Waals surface area contributed by atoms with Gasteiger partial charge in [0.2, 0.25) is 0 Å². The molecule has 0 saturated carbocycles. The van der Waals surface area contributed by atoms with Crippen molar-refractivity contribution < 1.29 is 13.9 Å². The topological polar surface area (TPSA) is 18.5 Å². The van der Waals surface area contributed by atoms with Gasteiger partial charge in [-0.05, 0) is 29.7 Å². The fraction of sp³-hybridized carbons (Fsp3) is 0.190. The molecule has 0 amide bonds.